The van der Waals surface area contributed by atoms with Crippen LogP contribution in [0, 0.1) is 5.82 Å². The van der Waals surface area contributed by atoms with E-state index in [1.807, 2.05) is 13.0 Å². The molecule has 0 heterocycles. The summed E-state index contributed by atoms with van der Waals surface area (Å²) in [6.45, 7) is 7.59. The zero-order valence-corrected chi connectivity index (χ0v) is 11.2. The van der Waals surface area contributed by atoms with Crippen LogP contribution in [-0.2, 0) is 4.74 Å². The first-order valence-electron chi connectivity index (χ1n) is 6.50. The van der Waals surface area contributed by atoms with Crippen molar-refractivity contribution in [2.45, 2.75) is 19.9 Å². The number of nitrogens with two attached hydrogens (primary N) is 1. The molecule has 0 fully saturated rings. The lowest BCUT2D eigenvalue weighted by Crippen LogP contribution is -2.36. The van der Waals surface area contributed by atoms with Crippen molar-refractivity contribution in [3.05, 3.63) is 35.6 Å². The Bertz CT molecular complexity index is 346. The largest absolute Gasteiger partial charge is 0.380 e. The molecule has 2 N–H and O–H groups in total. The average Bonchev–Trinajstić information content (AvgIpc) is 2.38. The molecule has 102 valence electrons. The van der Waals surface area contributed by atoms with Gasteiger partial charge in [0.05, 0.1) is 6.61 Å². The monoisotopic (exact) mass is 254 g/mol. The molecule has 1 aromatic carbocycles. The summed E-state index contributed by atoms with van der Waals surface area (Å²) in [7, 11) is 0. The van der Waals surface area contributed by atoms with Gasteiger partial charge in [0, 0.05) is 25.7 Å². The summed E-state index contributed by atoms with van der Waals surface area (Å²) >= 11 is 0. The highest BCUT2D eigenvalue weighted by Crippen LogP contribution is 2.20. The van der Waals surface area contributed by atoms with E-state index in [1.54, 1.807) is 12.1 Å². The minimum Gasteiger partial charge on any atom is -0.380 e. The van der Waals surface area contributed by atoms with E-state index in [2.05, 4.69) is 11.8 Å². The fraction of sp³-hybridized carbons (Fsp3) is 0.571. The molecule has 0 aliphatic rings. The normalized spacial score (nSPS) is 12.9. The van der Waals surface area contributed by atoms with Crippen LogP contribution in [0.1, 0.15) is 25.5 Å². The van der Waals surface area contributed by atoms with E-state index in [0.717, 1.165) is 18.7 Å². The summed E-state index contributed by atoms with van der Waals surface area (Å²) in [5, 5.41) is 0. The molecular formula is C14H23FN2O. The average molecular weight is 254 g/mol. The molecule has 1 atom stereocenters. The summed E-state index contributed by atoms with van der Waals surface area (Å²) in [4.78, 5) is 2.21. The van der Waals surface area contributed by atoms with Crippen molar-refractivity contribution < 1.29 is 9.13 Å². The topological polar surface area (TPSA) is 38.5 Å². The molecular weight excluding hydrogens is 231 g/mol. The summed E-state index contributed by atoms with van der Waals surface area (Å²) in [5.74, 6) is -0.216. The number of halogens is 1. The first-order valence-corrected chi connectivity index (χ1v) is 6.50. The molecule has 0 bridgehead atoms. The molecule has 0 aromatic heterocycles. The second kappa shape index (κ2) is 8.19. The Balaban J connectivity index is 2.73. The first-order chi connectivity index (χ1) is 8.72. The van der Waals surface area contributed by atoms with Gasteiger partial charge in [-0.15, -0.1) is 0 Å². The summed E-state index contributed by atoms with van der Waals surface area (Å²) < 4.78 is 18.6. The highest BCUT2D eigenvalue weighted by atomic mass is 19.1. The molecule has 0 saturated heterocycles. The van der Waals surface area contributed by atoms with Crippen LogP contribution in [0.5, 0.6) is 0 Å². The van der Waals surface area contributed by atoms with Crippen molar-refractivity contribution in [3.8, 4) is 0 Å². The predicted molar refractivity (Wildman–Crippen MR) is 71.9 cm³/mol. The summed E-state index contributed by atoms with van der Waals surface area (Å²) in [6.07, 6.45) is 0. The molecule has 1 rings (SSSR count). The zero-order valence-electron chi connectivity index (χ0n) is 11.2. The quantitative estimate of drug-likeness (QED) is 0.723. The summed E-state index contributed by atoms with van der Waals surface area (Å²) in [5.41, 5.74) is 6.76. The van der Waals surface area contributed by atoms with E-state index in [-0.39, 0.29) is 11.9 Å². The van der Waals surface area contributed by atoms with Gasteiger partial charge in [-0.2, -0.15) is 0 Å². The second-order valence-corrected chi connectivity index (χ2v) is 4.13. The molecule has 0 aliphatic carbocycles. The van der Waals surface area contributed by atoms with Crippen molar-refractivity contribution in [1.29, 1.82) is 0 Å². The molecule has 0 aliphatic heterocycles. The van der Waals surface area contributed by atoms with Crippen LogP contribution in [0.25, 0.3) is 0 Å². The van der Waals surface area contributed by atoms with Crippen LogP contribution in [0.2, 0.25) is 0 Å². The van der Waals surface area contributed by atoms with E-state index in [9.17, 15) is 4.39 Å². The number of nitrogens with zero attached hydrogens (tertiary/aromatic N) is 1. The molecule has 18 heavy (non-hydrogen) atoms. The van der Waals surface area contributed by atoms with Crippen molar-refractivity contribution in [1.82, 2.24) is 4.90 Å². The van der Waals surface area contributed by atoms with Gasteiger partial charge < -0.3 is 10.5 Å². The van der Waals surface area contributed by atoms with Gasteiger partial charge in [0.25, 0.3) is 0 Å². The maximum Gasteiger partial charge on any atom is 0.123 e. The van der Waals surface area contributed by atoms with Crippen molar-refractivity contribution in [2.24, 2.45) is 5.73 Å². The van der Waals surface area contributed by atoms with Crippen LogP contribution in [0.15, 0.2) is 24.3 Å². The number of ether oxygens (including phenoxy) is 1. The lowest BCUT2D eigenvalue weighted by molar-refractivity contribution is 0.0980. The Hall–Kier alpha value is -0.970. The van der Waals surface area contributed by atoms with E-state index in [4.69, 9.17) is 10.5 Å². The smallest absolute Gasteiger partial charge is 0.123 e. The van der Waals surface area contributed by atoms with Crippen molar-refractivity contribution in [2.75, 3.05) is 32.8 Å². The third kappa shape index (κ3) is 4.37. The lowest BCUT2D eigenvalue weighted by atomic mass is 10.1. The third-order valence-corrected chi connectivity index (χ3v) is 3.03. The van der Waals surface area contributed by atoms with Gasteiger partial charge in [-0.1, -0.05) is 19.1 Å². The number of hydrogen-bond acceptors (Lipinski definition) is 3. The molecule has 0 amide bonds. The van der Waals surface area contributed by atoms with E-state index in [0.29, 0.717) is 19.8 Å². The maximum absolute atomic E-state index is 13.3. The molecule has 0 spiro atoms. The molecule has 0 radical (unpaired) electrons. The highest BCUT2D eigenvalue weighted by molar-refractivity contribution is 5.20. The lowest BCUT2D eigenvalue weighted by Gasteiger charge is -2.30. The maximum atomic E-state index is 13.3. The minimum absolute atomic E-state index is 0.0474. The van der Waals surface area contributed by atoms with E-state index in [1.165, 1.54) is 6.07 Å². The Kier molecular flexibility index (Phi) is 6.86. The van der Waals surface area contributed by atoms with Gasteiger partial charge in [-0.25, -0.2) is 4.39 Å². The number of hydrogen-bond donors (Lipinski definition) is 1. The number of benzene rings is 1. The van der Waals surface area contributed by atoms with Crippen LogP contribution in [-0.4, -0.2) is 37.7 Å². The van der Waals surface area contributed by atoms with Crippen LogP contribution >= 0.6 is 0 Å². The Morgan fingerprint density at radius 3 is 2.72 bits per heavy atom. The fourth-order valence-electron chi connectivity index (χ4n) is 2.07. The van der Waals surface area contributed by atoms with E-state index < -0.39 is 0 Å². The van der Waals surface area contributed by atoms with Gasteiger partial charge >= 0.3 is 0 Å². The molecule has 3 nitrogen and oxygen atoms in total. The van der Waals surface area contributed by atoms with Crippen LogP contribution in [0.3, 0.4) is 0 Å². The van der Waals surface area contributed by atoms with Crippen molar-refractivity contribution in [3.63, 3.8) is 0 Å². The first kappa shape index (κ1) is 15.1. The van der Waals surface area contributed by atoms with E-state index >= 15 is 0 Å². The number of rotatable bonds is 8. The molecule has 0 saturated carbocycles. The Morgan fingerprint density at radius 1 is 1.39 bits per heavy atom. The van der Waals surface area contributed by atoms with Crippen LogP contribution < -0.4 is 5.73 Å². The molecule has 1 aromatic rings. The number of likely N-dealkylation sites (N-methyl/N-ethyl adjacent to an activating group) is 1. The fourth-order valence-corrected chi connectivity index (χ4v) is 2.07. The molecule has 1 unspecified atom stereocenters. The SMILES string of the molecule is CCOCCN(CC)C(CN)c1cccc(F)c1. The zero-order chi connectivity index (χ0) is 13.4. The van der Waals surface area contributed by atoms with Gasteiger partial charge in [-0.05, 0) is 31.2 Å². The third-order valence-electron chi connectivity index (χ3n) is 3.03. The Labute approximate surface area is 109 Å². The Morgan fingerprint density at radius 2 is 2.17 bits per heavy atom. The van der Waals surface area contributed by atoms with Gasteiger partial charge in [0.1, 0.15) is 5.82 Å². The van der Waals surface area contributed by atoms with Gasteiger partial charge in [0.2, 0.25) is 0 Å². The van der Waals surface area contributed by atoms with Gasteiger partial charge in [-0.3, -0.25) is 4.90 Å². The summed E-state index contributed by atoms with van der Waals surface area (Å²) in [6, 6.07) is 6.70. The minimum atomic E-state index is -0.216. The second-order valence-electron chi connectivity index (χ2n) is 4.13. The van der Waals surface area contributed by atoms with Gasteiger partial charge in [0.15, 0.2) is 0 Å². The molecule has 4 heteroatoms. The van der Waals surface area contributed by atoms with Crippen LogP contribution in [0.4, 0.5) is 4.39 Å². The highest BCUT2D eigenvalue weighted by Gasteiger charge is 2.17. The predicted octanol–water partition coefficient (Wildman–Crippen LogP) is 2.18. The standard InChI is InChI=1S/C14H23FN2O/c1-3-17(8-9-18-4-2)14(11-16)12-6-5-7-13(15)10-12/h5-7,10,14H,3-4,8-9,11,16H2,1-2H3. The van der Waals surface area contributed by atoms with Crippen molar-refractivity contribution >= 4 is 0 Å².